The summed E-state index contributed by atoms with van der Waals surface area (Å²) in [6.07, 6.45) is 1.80. The van der Waals surface area contributed by atoms with Crippen molar-refractivity contribution in [2.45, 2.75) is 31.8 Å². The quantitative estimate of drug-likeness (QED) is 0.597. The van der Waals surface area contributed by atoms with E-state index in [0.29, 0.717) is 0 Å². The average molecular weight is 172 g/mol. The number of hydrogen-bond donors (Lipinski definition) is 2. The highest BCUT2D eigenvalue weighted by Gasteiger charge is 2.17. The van der Waals surface area contributed by atoms with Gasteiger partial charge in [0.25, 0.3) is 0 Å². The Morgan fingerprint density at radius 3 is 2.67 bits per heavy atom. The third-order valence-electron chi connectivity index (χ3n) is 1.98. The molecular weight excluding hydrogens is 156 g/mol. The van der Waals surface area contributed by atoms with E-state index < -0.39 is 6.04 Å². The summed E-state index contributed by atoms with van der Waals surface area (Å²) in [4.78, 5) is 11.1. The van der Waals surface area contributed by atoms with Gasteiger partial charge in [-0.3, -0.25) is 4.79 Å². The van der Waals surface area contributed by atoms with Crippen molar-refractivity contribution in [1.82, 2.24) is 5.32 Å². The lowest BCUT2D eigenvalue weighted by Crippen LogP contribution is -2.45. The zero-order valence-corrected chi connectivity index (χ0v) is 7.38. The molecular formula is C8H16N2O2. The molecule has 0 aromatic rings. The first kappa shape index (κ1) is 9.48. The zero-order valence-electron chi connectivity index (χ0n) is 7.38. The Kier molecular flexibility index (Phi) is 3.49. The molecule has 0 bridgehead atoms. The summed E-state index contributed by atoms with van der Waals surface area (Å²) in [5.74, 6) is -0.0677. The van der Waals surface area contributed by atoms with Crippen LogP contribution in [0.5, 0.6) is 0 Å². The van der Waals surface area contributed by atoms with Gasteiger partial charge in [0.2, 0.25) is 5.91 Å². The Balaban J connectivity index is 2.24. The molecule has 0 unspecified atom stereocenters. The number of amides is 1. The lowest BCUT2D eigenvalue weighted by atomic mass is 10.1. The van der Waals surface area contributed by atoms with E-state index in [-0.39, 0.29) is 11.9 Å². The maximum absolute atomic E-state index is 11.1. The molecule has 1 aliphatic heterocycles. The fourth-order valence-corrected chi connectivity index (χ4v) is 1.17. The zero-order chi connectivity index (χ0) is 8.97. The molecule has 0 aliphatic carbocycles. The number of nitrogens with two attached hydrogens (primary N) is 1. The maximum Gasteiger partial charge on any atom is 0.236 e. The maximum atomic E-state index is 11.1. The van der Waals surface area contributed by atoms with Gasteiger partial charge in [0, 0.05) is 19.3 Å². The third-order valence-corrected chi connectivity index (χ3v) is 1.98. The number of carbonyl (C=O) groups is 1. The molecule has 0 spiro atoms. The van der Waals surface area contributed by atoms with Gasteiger partial charge in [0.05, 0.1) is 6.04 Å². The number of nitrogens with one attached hydrogen (secondary N) is 1. The van der Waals surface area contributed by atoms with Crippen LogP contribution in [-0.2, 0) is 9.53 Å². The Labute approximate surface area is 72.5 Å². The minimum atomic E-state index is -0.409. The van der Waals surface area contributed by atoms with Crippen molar-refractivity contribution < 1.29 is 9.53 Å². The van der Waals surface area contributed by atoms with Crippen molar-refractivity contribution in [2.75, 3.05) is 13.2 Å². The van der Waals surface area contributed by atoms with E-state index in [2.05, 4.69) is 5.32 Å². The van der Waals surface area contributed by atoms with Gasteiger partial charge in [-0.2, -0.15) is 0 Å². The third kappa shape index (κ3) is 2.79. The van der Waals surface area contributed by atoms with Crippen molar-refractivity contribution in [3.63, 3.8) is 0 Å². The lowest BCUT2D eigenvalue weighted by molar-refractivity contribution is -0.123. The highest BCUT2D eigenvalue weighted by molar-refractivity contribution is 5.81. The van der Waals surface area contributed by atoms with Gasteiger partial charge in [-0.25, -0.2) is 0 Å². The first-order chi connectivity index (χ1) is 5.70. The average Bonchev–Trinajstić information content (AvgIpc) is 2.06. The highest BCUT2D eigenvalue weighted by Crippen LogP contribution is 2.05. The smallest absolute Gasteiger partial charge is 0.236 e. The van der Waals surface area contributed by atoms with Crippen LogP contribution in [0.25, 0.3) is 0 Å². The van der Waals surface area contributed by atoms with E-state index in [1.54, 1.807) is 6.92 Å². The molecule has 12 heavy (non-hydrogen) atoms. The van der Waals surface area contributed by atoms with Gasteiger partial charge in [0.1, 0.15) is 0 Å². The van der Waals surface area contributed by atoms with Gasteiger partial charge in [-0.1, -0.05) is 0 Å². The number of carbonyl (C=O) groups excluding carboxylic acids is 1. The van der Waals surface area contributed by atoms with Crippen LogP contribution >= 0.6 is 0 Å². The second-order valence-electron chi connectivity index (χ2n) is 3.18. The van der Waals surface area contributed by atoms with Crippen LogP contribution in [0, 0.1) is 0 Å². The van der Waals surface area contributed by atoms with E-state index in [0.717, 1.165) is 26.1 Å². The van der Waals surface area contributed by atoms with Crippen LogP contribution in [0.2, 0.25) is 0 Å². The molecule has 1 saturated heterocycles. The molecule has 70 valence electrons. The fourth-order valence-electron chi connectivity index (χ4n) is 1.17. The van der Waals surface area contributed by atoms with Gasteiger partial charge in [-0.15, -0.1) is 0 Å². The summed E-state index contributed by atoms with van der Waals surface area (Å²) in [6.45, 7) is 3.17. The largest absolute Gasteiger partial charge is 0.381 e. The molecule has 0 aromatic heterocycles. The van der Waals surface area contributed by atoms with E-state index in [1.165, 1.54) is 0 Å². The summed E-state index contributed by atoms with van der Waals surface area (Å²) in [5.41, 5.74) is 5.41. The Morgan fingerprint density at radius 1 is 1.58 bits per heavy atom. The van der Waals surface area contributed by atoms with Crippen LogP contribution in [0.3, 0.4) is 0 Å². The molecule has 0 aromatic carbocycles. The summed E-state index contributed by atoms with van der Waals surface area (Å²) < 4.78 is 5.16. The van der Waals surface area contributed by atoms with Crippen LogP contribution in [0.4, 0.5) is 0 Å². The second kappa shape index (κ2) is 4.42. The molecule has 1 rings (SSSR count). The molecule has 1 heterocycles. The van der Waals surface area contributed by atoms with Gasteiger partial charge < -0.3 is 15.8 Å². The molecule has 1 atom stereocenters. The summed E-state index contributed by atoms with van der Waals surface area (Å²) in [7, 11) is 0. The predicted molar refractivity (Wildman–Crippen MR) is 45.6 cm³/mol. The summed E-state index contributed by atoms with van der Waals surface area (Å²) >= 11 is 0. The lowest BCUT2D eigenvalue weighted by Gasteiger charge is -2.23. The Bertz CT molecular complexity index is 153. The van der Waals surface area contributed by atoms with Gasteiger partial charge in [0.15, 0.2) is 0 Å². The first-order valence-corrected chi connectivity index (χ1v) is 4.34. The van der Waals surface area contributed by atoms with Crippen LogP contribution in [0.15, 0.2) is 0 Å². The van der Waals surface area contributed by atoms with Gasteiger partial charge in [-0.05, 0) is 19.8 Å². The highest BCUT2D eigenvalue weighted by atomic mass is 16.5. The molecule has 0 saturated carbocycles. The van der Waals surface area contributed by atoms with Gasteiger partial charge >= 0.3 is 0 Å². The van der Waals surface area contributed by atoms with E-state index in [1.807, 2.05) is 0 Å². The number of rotatable bonds is 2. The minimum Gasteiger partial charge on any atom is -0.381 e. The van der Waals surface area contributed by atoms with Crippen molar-refractivity contribution in [3.05, 3.63) is 0 Å². The monoisotopic (exact) mass is 172 g/mol. The van der Waals surface area contributed by atoms with Crippen LogP contribution < -0.4 is 11.1 Å². The minimum absolute atomic E-state index is 0.0677. The van der Waals surface area contributed by atoms with Crippen molar-refractivity contribution in [2.24, 2.45) is 5.73 Å². The van der Waals surface area contributed by atoms with Crippen LogP contribution in [0.1, 0.15) is 19.8 Å². The van der Waals surface area contributed by atoms with Crippen molar-refractivity contribution in [3.8, 4) is 0 Å². The van der Waals surface area contributed by atoms with Crippen molar-refractivity contribution >= 4 is 5.91 Å². The standard InChI is InChI=1S/C8H16N2O2/c1-6(9)8(11)10-7-2-4-12-5-3-7/h6-7H,2-5,9H2,1H3,(H,10,11)/t6-/m1/s1. The predicted octanol–water partition coefficient (Wildman–Crippen LogP) is -0.371. The molecule has 1 fully saturated rings. The first-order valence-electron chi connectivity index (χ1n) is 4.34. The number of hydrogen-bond acceptors (Lipinski definition) is 3. The Morgan fingerprint density at radius 2 is 2.17 bits per heavy atom. The molecule has 1 amide bonds. The Hall–Kier alpha value is -0.610. The van der Waals surface area contributed by atoms with E-state index in [4.69, 9.17) is 10.5 Å². The summed E-state index contributed by atoms with van der Waals surface area (Å²) in [5, 5.41) is 2.87. The molecule has 4 heteroatoms. The topological polar surface area (TPSA) is 64.4 Å². The molecule has 1 aliphatic rings. The molecule has 4 nitrogen and oxygen atoms in total. The van der Waals surface area contributed by atoms with Crippen molar-refractivity contribution in [1.29, 1.82) is 0 Å². The SMILES string of the molecule is C[C@@H](N)C(=O)NC1CCOCC1. The fraction of sp³-hybridized carbons (Fsp3) is 0.875. The normalized spacial score (nSPS) is 21.8. The van der Waals surface area contributed by atoms with Crippen LogP contribution in [-0.4, -0.2) is 31.2 Å². The number of ether oxygens (including phenoxy) is 1. The van der Waals surface area contributed by atoms with E-state index >= 15 is 0 Å². The summed E-state index contributed by atoms with van der Waals surface area (Å²) in [6, 6.07) is -0.148. The molecule has 0 radical (unpaired) electrons. The second-order valence-corrected chi connectivity index (χ2v) is 3.18. The molecule has 3 N–H and O–H groups in total. The van der Waals surface area contributed by atoms with E-state index in [9.17, 15) is 4.79 Å².